The summed E-state index contributed by atoms with van der Waals surface area (Å²) in [5.74, 6) is 0.575. The van der Waals surface area contributed by atoms with Crippen molar-refractivity contribution >= 4 is 0 Å². The molecule has 0 rings (SSSR count). The maximum Gasteiger partial charge on any atom is 0.118 e. The summed E-state index contributed by atoms with van der Waals surface area (Å²) in [5.41, 5.74) is 0.731. The molecule has 10 heavy (non-hydrogen) atoms. The highest BCUT2D eigenvalue weighted by Crippen LogP contribution is 2.16. The lowest BCUT2D eigenvalue weighted by Gasteiger charge is -2.11. The predicted octanol–water partition coefficient (Wildman–Crippen LogP) is 3.34. The lowest BCUT2D eigenvalue weighted by molar-refractivity contribution is 0.386. The molecule has 2 atom stereocenters. The van der Waals surface area contributed by atoms with Crippen molar-refractivity contribution in [3.05, 3.63) is 12.2 Å². The molecule has 0 aliphatic rings. The van der Waals surface area contributed by atoms with Crippen LogP contribution >= 0.6 is 0 Å². The molecule has 0 spiro atoms. The van der Waals surface area contributed by atoms with Gasteiger partial charge in [0.15, 0.2) is 0 Å². The zero-order valence-electron chi connectivity index (χ0n) is 7.15. The first-order valence-electron chi connectivity index (χ1n) is 3.89. The van der Waals surface area contributed by atoms with Crippen molar-refractivity contribution in [2.75, 3.05) is 0 Å². The SMILES string of the molecule is C=C(CC(C)CC)C(C)F. The molecule has 0 aromatic carbocycles. The summed E-state index contributed by atoms with van der Waals surface area (Å²) in [6.45, 7) is 9.44. The summed E-state index contributed by atoms with van der Waals surface area (Å²) in [6.07, 6.45) is 1.09. The summed E-state index contributed by atoms with van der Waals surface area (Å²) in [7, 11) is 0. The average Bonchev–Trinajstić information content (AvgIpc) is 1.87. The third kappa shape index (κ3) is 3.65. The molecule has 0 aromatic heterocycles. The number of hydrogen-bond acceptors (Lipinski definition) is 0. The van der Waals surface area contributed by atoms with E-state index in [0.29, 0.717) is 5.92 Å². The van der Waals surface area contributed by atoms with E-state index >= 15 is 0 Å². The lowest BCUT2D eigenvalue weighted by Crippen LogP contribution is -2.02. The minimum atomic E-state index is -0.839. The van der Waals surface area contributed by atoms with E-state index in [1.54, 1.807) is 6.92 Å². The molecular formula is C9H17F. The van der Waals surface area contributed by atoms with Crippen molar-refractivity contribution in [3.8, 4) is 0 Å². The van der Waals surface area contributed by atoms with Gasteiger partial charge in [0, 0.05) is 0 Å². The van der Waals surface area contributed by atoms with Crippen molar-refractivity contribution in [3.63, 3.8) is 0 Å². The van der Waals surface area contributed by atoms with Gasteiger partial charge in [0.2, 0.25) is 0 Å². The number of alkyl halides is 1. The highest BCUT2D eigenvalue weighted by atomic mass is 19.1. The molecule has 0 bridgehead atoms. The first-order valence-corrected chi connectivity index (χ1v) is 3.89. The van der Waals surface area contributed by atoms with Gasteiger partial charge in [-0.25, -0.2) is 4.39 Å². The van der Waals surface area contributed by atoms with Crippen molar-refractivity contribution in [2.24, 2.45) is 5.92 Å². The normalized spacial score (nSPS) is 16.4. The summed E-state index contributed by atoms with van der Waals surface area (Å²) in [5, 5.41) is 0. The maximum atomic E-state index is 12.5. The molecule has 0 saturated carbocycles. The third-order valence-corrected chi connectivity index (χ3v) is 1.87. The van der Waals surface area contributed by atoms with Gasteiger partial charge in [-0.15, -0.1) is 0 Å². The number of allylic oxidation sites excluding steroid dienone is 1. The van der Waals surface area contributed by atoms with E-state index in [2.05, 4.69) is 20.4 Å². The Morgan fingerprint density at radius 1 is 1.50 bits per heavy atom. The number of rotatable bonds is 4. The van der Waals surface area contributed by atoms with Crippen LogP contribution in [0, 0.1) is 5.92 Å². The smallest absolute Gasteiger partial charge is 0.118 e. The molecule has 0 N–H and O–H groups in total. The largest absolute Gasteiger partial charge is 0.243 e. The fourth-order valence-corrected chi connectivity index (χ4v) is 0.754. The molecule has 0 saturated heterocycles. The Hall–Kier alpha value is -0.330. The summed E-state index contributed by atoms with van der Waals surface area (Å²) in [6, 6.07) is 0. The van der Waals surface area contributed by atoms with E-state index in [4.69, 9.17) is 0 Å². The highest BCUT2D eigenvalue weighted by Gasteiger charge is 2.07. The minimum absolute atomic E-state index is 0.575. The molecule has 0 amide bonds. The van der Waals surface area contributed by atoms with Crippen LogP contribution in [0.5, 0.6) is 0 Å². The Labute approximate surface area is 63.1 Å². The average molecular weight is 144 g/mol. The molecule has 0 heterocycles. The molecule has 60 valence electrons. The summed E-state index contributed by atoms with van der Waals surface area (Å²) >= 11 is 0. The van der Waals surface area contributed by atoms with E-state index in [9.17, 15) is 4.39 Å². The van der Waals surface area contributed by atoms with Crippen LogP contribution in [-0.2, 0) is 0 Å². The topological polar surface area (TPSA) is 0 Å². The second-order valence-electron chi connectivity index (χ2n) is 2.99. The Balaban J connectivity index is 3.57. The molecule has 0 aromatic rings. The van der Waals surface area contributed by atoms with Gasteiger partial charge in [0.05, 0.1) is 0 Å². The van der Waals surface area contributed by atoms with Gasteiger partial charge in [-0.2, -0.15) is 0 Å². The van der Waals surface area contributed by atoms with Crippen LogP contribution in [0.15, 0.2) is 12.2 Å². The van der Waals surface area contributed by atoms with Crippen LogP contribution < -0.4 is 0 Å². The van der Waals surface area contributed by atoms with Gasteiger partial charge in [0.1, 0.15) is 6.17 Å². The molecule has 1 heteroatoms. The van der Waals surface area contributed by atoms with E-state index in [0.717, 1.165) is 18.4 Å². The first kappa shape index (κ1) is 9.67. The molecule has 0 fully saturated rings. The Bertz CT molecular complexity index is 105. The van der Waals surface area contributed by atoms with Crippen LogP contribution in [0.2, 0.25) is 0 Å². The van der Waals surface area contributed by atoms with Crippen molar-refractivity contribution < 1.29 is 4.39 Å². The third-order valence-electron chi connectivity index (χ3n) is 1.87. The van der Waals surface area contributed by atoms with Crippen molar-refractivity contribution in [1.29, 1.82) is 0 Å². The van der Waals surface area contributed by atoms with Crippen LogP contribution in [0.25, 0.3) is 0 Å². The standard InChI is InChI=1S/C9H17F/c1-5-7(2)6-8(3)9(4)10/h7,9H,3,5-6H2,1-2,4H3. The van der Waals surface area contributed by atoms with Crippen LogP contribution in [0.1, 0.15) is 33.6 Å². The van der Waals surface area contributed by atoms with Gasteiger partial charge in [0.25, 0.3) is 0 Å². The summed E-state index contributed by atoms with van der Waals surface area (Å²) in [4.78, 5) is 0. The van der Waals surface area contributed by atoms with E-state index in [1.165, 1.54) is 0 Å². The van der Waals surface area contributed by atoms with E-state index < -0.39 is 6.17 Å². The molecule has 0 aliphatic carbocycles. The van der Waals surface area contributed by atoms with E-state index in [-0.39, 0.29) is 0 Å². The fraction of sp³-hybridized carbons (Fsp3) is 0.778. The second kappa shape index (κ2) is 4.48. The Morgan fingerprint density at radius 3 is 2.30 bits per heavy atom. The van der Waals surface area contributed by atoms with Crippen LogP contribution in [-0.4, -0.2) is 6.17 Å². The van der Waals surface area contributed by atoms with Gasteiger partial charge in [-0.05, 0) is 24.8 Å². The van der Waals surface area contributed by atoms with Crippen molar-refractivity contribution in [1.82, 2.24) is 0 Å². The van der Waals surface area contributed by atoms with E-state index in [1.807, 2.05) is 0 Å². The van der Waals surface area contributed by atoms with Gasteiger partial charge in [-0.1, -0.05) is 26.8 Å². The monoisotopic (exact) mass is 144 g/mol. The fourth-order valence-electron chi connectivity index (χ4n) is 0.754. The van der Waals surface area contributed by atoms with Crippen LogP contribution in [0.4, 0.5) is 4.39 Å². The number of hydrogen-bond donors (Lipinski definition) is 0. The molecule has 0 nitrogen and oxygen atoms in total. The zero-order valence-corrected chi connectivity index (χ0v) is 7.15. The van der Waals surface area contributed by atoms with Crippen LogP contribution in [0.3, 0.4) is 0 Å². The molecule has 0 aliphatic heterocycles. The Kier molecular flexibility index (Phi) is 4.33. The quantitative estimate of drug-likeness (QED) is 0.531. The van der Waals surface area contributed by atoms with Gasteiger partial charge < -0.3 is 0 Å². The first-order chi connectivity index (χ1) is 4.57. The maximum absolute atomic E-state index is 12.5. The van der Waals surface area contributed by atoms with Gasteiger partial charge >= 0.3 is 0 Å². The minimum Gasteiger partial charge on any atom is -0.243 e. The summed E-state index contributed by atoms with van der Waals surface area (Å²) < 4.78 is 12.5. The zero-order chi connectivity index (χ0) is 8.15. The molecular weight excluding hydrogens is 127 g/mol. The lowest BCUT2D eigenvalue weighted by atomic mass is 9.98. The van der Waals surface area contributed by atoms with Crippen molar-refractivity contribution in [2.45, 2.75) is 39.8 Å². The number of halogens is 1. The Morgan fingerprint density at radius 2 is 2.00 bits per heavy atom. The molecule has 2 unspecified atom stereocenters. The second-order valence-corrected chi connectivity index (χ2v) is 2.99. The predicted molar refractivity (Wildman–Crippen MR) is 43.8 cm³/mol. The van der Waals surface area contributed by atoms with Gasteiger partial charge in [-0.3, -0.25) is 0 Å². The highest BCUT2D eigenvalue weighted by molar-refractivity contribution is 5.00. The molecule has 0 radical (unpaired) electrons.